The normalized spacial score (nSPS) is 12.0. The predicted molar refractivity (Wildman–Crippen MR) is 82.9 cm³/mol. The molecule has 100 valence electrons. The highest BCUT2D eigenvalue weighted by Gasteiger charge is 2.07. The summed E-state index contributed by atoms with van der Waals surface area (Å²) in [5, 5.41) is 10.5. The number of phenolic OH excluding ortho intramolecular Hbond substituents is 1. The maximum absolute atomic E-state index is 9.29. The molecule has 3 nitrogen and oxygen atoms in total. The molecule has 0 amide bonds. The summed E-state index contributed by atoms with van der Waals surface area (Å²) >= 11 is 0. The second kappa shape index (κ2) is 4.85. The summed E-state index contributed by atoms with van der Waals surface area (Å²) in [6.07, 6.45) is 0. The van der Waals surface area contributed by atoms with Gasteiger partial charge in [-0.1, -0.05) is 18.2 Å². The Hall–Kier alpha value is -2.55. The highest BCUT2D eigenvalue weighted by Crippen LogP contribution is 2.22. The van der Waals surface area contributed by atoms with Crippen molar-refractivity contribution in [2.24, 2.45) is 12.0 Å². The van der Waals surface area contributed by atoms with E-state index in [-0.39, 0.29) is 5.75 Å². The molecule has 0 radical (unpaired) electrons. The number of benzene rings is 2. The summed E-state index contributed by atoms with van der Waals surface area (Å²) < 4.78 is 2.15. The topological polar surface area (TPSA) is 37.5 Å². The van der Waals surface area contributed by atoms with Gasteiger partial charge in [-0.25, -0.2) is 0 Å². The van der Waals surface area contributed by atoms with Gasteiger partial charge >= 0.3 is 0 Å². The molecule has 0 atom stereocenters. The van der Waals surface area contributed by atoms with Crippen LogP contribution in [0.3, 0.4) is 0 Å². The fraction of sp³-hybridized carbons (Fsp3) is 0.118. The van der Waals surface area contributed by atoms with E-state index in [0.29, 0.717) is 0 Å². The van der Waals surface area contributed by atoms with Crippen LogP contribution in [0.5, 0.6) is 5.75 Å². The van der Waals surface area contributed by atoms with Crippen LogP contribution in [0.15, 0.2) is 59.6 Å². The van der Waals surface area contributed by atoms with E-state index in [1.54, 1.807) is 12.1 Å². The van der Waals surface area contributed by atoms with Crippen molar-refractivity contribution in [1.82, 2.24) is 4.57 Å². The molecule has 0 aliphatic rings. The van der Waals surface area contributed by atoms with Crippen molar-refractivity contribution in [3.05, 3.63) is 60.3 Å². The SMILES string of the molecule is C/C(=N\c1ccc(O)cc1)c1cc2ccccc2n1C. The fourth-order valence-corrected chi connectivity index (χ4v) is 2.41. The number of aliphatic imine (C=N–C) groups is 1. The molecule has 0 saturated carbocycles. The summed E-state index contributed by atoms with van der Waals surface area (Å²) in [5.74, 6) is 0.256. The number of phenols is 1. The molecule has 3 heteroatoms. The zero-order valence-electron chi connectivity index (χ0n) is 11.5. The molecule has 3 rings (SSSR count). The van der Waals surface area contributed by atoms with E-state index in [9.17, 15) is 5.11 Å². The molecular weight excluding hydrogens is 248 g/mol. The van der Waals surface area contributed by atoms with Gasteiger partial charge in [0.2, 0.25) is 0 Å². The van der Waals surface area contributed by atoms with E-state index in [1.165, 1.54) is 10.9 Å². The van der Waals surface area contributed by atoms with Gasteiger partial charge < -0.3 is 9.67 Å². The lowest BCUT2D eigenvalue weighted by molar-refractivity contribution is 0.475. The molecule has 1 heterocycles. The average Bonchev–Trinajstić information content (AvgIpc) is 2.79. The molecule has 0 bridgehead atoms. The second-order valence-corrected chi connectivity index (χ2v) is 4.86. The van der Waals surface area contributed by atoms with Crippen molar-refractivity contribution in [2.75, 3.05) is 0 Å². The van der Waals surface area contributed by atoms with Gasteiger partial charge in [0.1, 0.15) is 5.75 Å². The molecule has 1 N–H and O–H groups in total. The third kappa shape index (κ3) is 2.18. The first-order valence-electron chi connectivity index (χ1n) is 6.54. The van der Waals surface area contributed by atoms with E-state index in [4.69, 9.17) is 0 Å². The Labute approximate surface area is 117 Å². The van der Waals surface area contributed by atoms with Crippen molar-refractivity contribution in [2.45, 2.75) is 6.92 Å². The number of aromatic nitrogens is 1. The zero-order chi connectivity index (χ0) is 14.1. The van der Waals surface area contributed by atoms with Gasteiger partial charge in [0, 0.05) is 18.0 Å². The number of aromatic hydroxyl groups is 1. The molecule has 3 aromatic rings. The Balaban J connectivity index is 2.05. The lowest BCUT2D eigenvalue weighted by Gasteiger charge is -2.04. The van der Waals surface area contributed by atoms with Crippen LogP contribution in [-0.4, -0.2) is 15.4 Å². The molecule has 20 heavy (non-hydrogen) atoms. The largest absolute Gasteiger partial charge is 0.508 e. The number of aryl methyl sites for hydroxylation is 1. The van der Waals surface area contributed by atoms with Gasteiger partial charge in [-0.05, 0) is 43.3 Å². The van der Waals surface area contributed by atoms with E-state index >= 15 is 0 Å². The van der Waals surface area contributed by atoms with Crippen LogP contribution in [0.1, 0.15) is 12.6 Å². The molecule has 1 aromatic heterocycles. The number of fused-ring (bicyclic) bond motifs is 1. The van der Waals surface area contributed by atoms with Crippen molar-refractivity contribution in [3.63, 3.8) is 0 Å². The summed E-state index contributed by atoms with van der Waals surface area (Å²) in [4.78, 5) is 4.61. The fourth-order valence-electron chi connectivity index (χ4n) is 2.41. The molecular formula is C17H16N2O. The van der Waals surface area contributed by atoms with Crippen LogP contribution in [0.25, 0.3) is 10.9 Å². The minimum absolute atomic E-state index is 0.256. The van der Waals surface area contributed by atoms with Crippen molar-refractivity contribution in [3.8, 4) is 5.75 Å². The zero-order valence-corrected chi connectivity index (χ0v) is 11.5. The number of hydrogen-bond donors (Lipinski definition) is 1. The van der Waals surface area contributed by atoms with Crippen molar-refractivity contribution < 1.29 is 5.11 Å². The maximum Gasteiger partial charge on any atom is 0.115 e. The van der Waals surface area contributed by atoms with Crippen LogP contribution < -0.4 is 0 Å². The first-order chi connectivity index (χ1) is 9.65. The highest BCUT2D eigenvalue weighted by atomic mass is 16.3. The second-order valence-electron chi connectivity index (χ2n) is 4.86. The van der Waals surface area contributed by atoms with Crippen LogP contribution in [0, 0.1) is 0 Å². The Morgan fingerprint density at radius 3 is 2.45 bits per heavy atom. The molecule has 0 unspecified atom stereocenters. The highest BCUT2D eigenvalue weighted by molar-refractivity contribution is 6.03. The lowest BCUT2D eigenvalue weighted by Crippen LogP contribution is -2.02. The van der Waals surface area contributed by atoms with Gasteiger partial charge in [0.25, 0.3) is 0 Å². The minimum Gasteiger partial charge on any atom is -0.508 e. The van der Waals surface area contributed by atoms with Crippen LogP contribution in [0.2, 0.25) is 0 Å². The standard InChI is InChI=1S/C17H16N2O/c1-12(18-14-7-9-15(20)10-8-14)17-11-13-5-3-4-6-16(13)19(17)2/h3-11,20H,1-2H3/b18-12+. The third-order valence-corrected chi connectivity index (χ3v) is 3.47. The summed E-state index contributed by atoms with van der Waals surface area (Å²) in [7, 11) is 2.05. The Kier molecular flexibility index (Phi) is 3.03. The summed E-state index contributed by atoms with van der Waals surface area (Å²) in [5.41, 5.74) is 4.09. The first kappa shape index (κ1) is 12.5. The van der Waals surface area contributed by atoms with Gasteiger partial charge in [0.05, 0.1) is 17.1 Å². The van der Waals surface area contributed by atoms with Crippen LogP contribution in [0.4, 0.5) is 5.69 Å². The number of rotatable bonds is 2. The minimum atomic E-state index is 0.256. The molecule has 0 spiro atoms. The number of para-hydroxylation sites is 1. The van der Waals surface area contributed by atoms with E-state index < -0.39 is 0 Å². The molecule has 0 aliphatic heterocycles. The third-order valence-electron chi connectivity index (χ3n) is 3.47. The number of hydrogen-bond acceptors (Lipinski definition) is 2. The Morgan fingerprint density at radius 1 is 1.05 bits per heavy atom. The van der Waals surface area contributed by atoms with E-state index in [1.807, 2.05) is 38.2 Å². The molecule has 2 aromatic carbocycles. The van der Waals surface area contributed by atoms with Crippen molar-refractivity contribution in [1.29, 1.82) is 0 Å². The number of nitrogens with zero attached hydrogens (tertiary/aromatic N) is 2. The average molecular weight is 264 g/mol. The van der Waals surface area contributed by atoms with Gasteiger partial charge in [0.15, 0.2) is 0 Å². The smallest absolute Gasteiger partial charge is 0.115 e. The van der Waals surface area contributed by atoms with E-state index in [0.717, 1.165) is 17.1 Å². The first-order valence-corrected chi connectivity index (χ1v) is 6.54. The van der Waals surface area contributed by atoms with Crippen LogP contribution >= 0.6 is 0 Å². The maximum atomic E-state index is 9.29. The quantitative estimate of drug-likeness (QED) is 0.697. The van der Waals surface area contributed by atoms with Gasteiger partial charge in [-0.3, -0.25) is 4.99 Å². The monoisotopic (exact) mass is 264 g/mol. The van der Waals surface area contributed by atoms with E-state index in [2.05, 4.69) is 27.8 Å². The predicted octanol–water partition coefficient (Wildman–Crippen LogP) is 4.02. The van der Waals surface area contributed by atoms with Gasteiger partial charge in [-0.2, -0.15) is 0 Å². The van der Waals surface area contributed by atoms with Crippen molar-refractivity contribution >= 4 is 22.3 Å². The van der Waals surface area contributed by atoms with Gasteiger partial charge in [-0.15, -0.1) is 0 Å². The Morgan fingerprint density at radius 2 is 1.75 bits per heavy atom. The molecule has 0 fully saturated rings. The Bertz CT molecular complexity index is 782. The summed E-state index contributed by atoms with van der Waals surface area (Å²) in [6, 6.07) is 17.3. The van der Waals surface area contributed by atoms with Crippen LogP contribution in [-0.2, 0) is 7.05 Å². The molecule has 0 saturated heterocycles. The lowest BCUT2D eigenvalue weighted by atomic mass is 10.2. The summed E-state index contributed by atoms with van der Waals surface area (Å²) in [6.45, 7) is 2.00. The molecule has 0 aliphatic carbocycles.